The maximum absolute atomic E-state index is 13.1. The van der Waals surface area contributed by atoms with Gasteiger partial charge in [-0.25, -0.2) is 4.98 Å². The van der Waals surface area contributed by atoms with Gasteiger partial charge in [0.25, 0.3) is 0 Å². The second-order valence-electron chi connectivity index (χ2n) is 9.02. The zero-order valence-corrected chi connectivity index (χ0v) is 19.7. The Morgan fingerprint density at radius 3 is 2.54 bits per heavy atom. The molecule has 1 fully saturated rings. The molecule has 5 heteroatoms. The van der Waals surface area contributed by atoms with Crippen LogP contribution in [0.2, 0.25) is 0 Å². The molecule has 174 valence electrons. The quantitative estimate of drug-likeness (QED) is 0.304. The molecule has 6 rings (SSSR count). The largest absolute Gasteiger partial charge is 0.494 e. The van der Waals surface area contributed by atoms with Gasteiger partial charge in [0.15, 0.2) is 0 Å². The molecule has 1 aliphatic rings. The SMILES string of the molecule is CCOc1ccc(N2CC(c3nc4ccccc4n3Cc3cccc4ccccc34)CC2=O)cc1. The molecule has 1 saturated heterocycles. The smallest absolute Gasteiger partial charge is 0.227 e. The summed E-state index contributed by atoms with van der Waals surface area (Å²) < 4.78 is 7.86. The van der Waals surface area contributed by atoms with Gasteiger partial charge in [-0.3, -0.25) is 4.79 Å². The molecule has 0 spiro atoms. The lowest BCUT2D eigenvalue weighted by atomic mass is 10.0. The van der Waals surface area contributed by atoms with Crippen LogP contribution in [0.15, 0.2) is 91.0 Å². The highest BCUT2D eigenvalue weighted by atomic mass is 16.5. The fraction of sp³-hybridized carbons (Fsp3) is 0.200. The number of carbonyl (C=O) groups is 1. The minimum Gasteiger partial charge on any atom is -0.494 e. The van der Waals surface area contributed by atoms with Crippen LogP contribution in [0.4, 0.5) is 5.69 Å². The third-order valence-corrected chi connectivity index (χ3v) is 6.84. The normalized spacial score (nSPS) is 15.9. The van der Waals surface area contributed by atoms with Crippen LogP contribution in [0, 0.1) is 0 Å². The standard InChI is InChI=1S/C30H27N3O2/c1-2-35-25-16-14-24(15-17-25)32-20-23(18-29(32)34)30-31-27-12-5-6-13-28(27)33(30)19-22-10-7-9-21-8-3-4-11-26(21)22/h3-17,23H,2,18-20H2,1H3. The van der Waals surface area contributed by atoms with Crippen LogP contribution in [-0.4, -0.2) is 28.6 Å². The maximum Gasteiger partial charge on any atom is 0.227 e. The number of carbonyl (C=O) groups excluding carboxylic acids is 1. The van der Waals surface area contributed by atoms with Crippen LogP contribution < -0.4 is 9.64 Å². The first-order valence-electron chi connectivity index (χ1n) is 12.2. The van der Waals surface area contributed by atoms with E-state index in [9.17, 15) is 4.79 Å². The number of amides is 1. The first kappa shape index (κ1) is 21.4. The highest BCUT2D eigenvalue weighted by molar-refractivity contribution is 5.96. The third kappa shape index (κ3) is 3.93. The van der Waals surface area contributed by atoms with Gasteiger partial charge in [-0.2, -0.15) is 0 Å². The number of rotatable bonds is 6. The van der Waals surface area contributed by atoms with Crippen molar-refractivity contribution in [1.82, 2.24) is 9.55 Å². The maximum atomic E-state index is 13.1. The summed E-state index contributed by atoms with van der Waals surface area (Å²) in [4.78, 5) is 20.0. The van der Waals surface area contributed by atoms with E-state index in [0.29, 0.717) is 26.1 Å². The predicted molar refractivity (Wildman–Crippen MR) is 140 cm³/mol. The van der Waals surface area contributed by atoms with Crippen LogP contribution in [-0.2, 0) is 11.3 Å². The number of anilines is 1. The van der Waals surface area contributed by atoms with Crippen molar-refractivity contribution in [3.63, 3.8) is 0 Å². The summed E-state index contributed by atoms with van der Waals surface area (Å²) in [7, 11) is 0. The number of para-hydroxylation sites is 2. The number of nitrogens with zero attached hydrogens (tertiary/aromatic N) is 3. The van der Waals surface area contributed by atoms with Crippen LogP contribution >= 0.6 is 0 Å². The molecular weight excluding hydrogens is 434 g/mol. The third-order valence-electron chi connectivity index (χ3n) is 6.84. The van der Waals surface area contributed by atoms with E-state index in [4.69, 9.17) is 9.72 Å². The van der Waals surface area contributed by atoms with Crippen LogP contribution in [0.25, 0.3) is 21.8 Å². The molecule has 0 bridgehead atoms. The number of imidazole rings is 1. The van der Waals surface area contributed by atoms with Crippen LogP contribution in [0.3, 0.4) is 0 Å². The average Bonchev–Trinajstić information content (AvgIpc) is 3.45. The van der Waals surface area contributed by atoms with Crippen LogP contribution in [0.1, 0.15) is 30.7 Å². The number of ether oxygens (including phenoxy) is 1. The predicted octanol–water partition coefficient (Wildman–Crippen LogP) is 6.16. The van der Waals surface area contributed by atoms with Gasteiger partial charge in [0.2, 0.25) is 5.91 Å². The number of aromatic nitrogens is 2. The lowest BCUT2D eigenvalue weighted by Crippen LogP contribution is -2.24. The van der Waals surface area contributed by atoms with Gasteiger partial charge in [-0.1, -0.05) is 54.6 Å². The van der Waals surface area contributed by atoms with Crippen molar-refractivity contribution < 1.29 is 9.53 Å². The molecule has 1 amide bonds. The van der Waals surface area contributed by atoms with Gasteiger partial charge >= 0.3 is 0 Å². The van der Waals surface area contributed by atoms with E-state index in [2.05, 4.69) is 65.2 Å². The molecule has 35 heavy (non-hydrogen) atoms. The van der Waals surface area contributed by atoms with Crippen molar-refractivity contribution in [2.45, 2.75) is 25.8 Å². The van der Waals surface area contributed by atoms with Gasteiger partial charge in [0.05, 0.1) is 17.6 Å². The van der Waals surface area contributed by atoms with Crippen molar-refractivity contribution in [1.29, 1.82) is 0 Å². The molecule has 0 N–H and O–H groups in total. The minimum absolute atomic E-state index is 0.0245. The first-order chi connectivity index (χ1) is 17.2. The van der Waals surface area contributed by atoms with Gasteiger partial charge in [-0.15, -0.1) is 0 Å². The van der Waals surface area contributed by atoms with Crippen molar-refractivity contribution in [3.05, 3.63) is 102 Å². The monoisotopic (exact) mass is 461 g/mol. The lowest BCUT2D eigenvalue weighted by molar-refractivity contribution is -0.117. The Morgan fingerprint density at radius 2 is 1.69 bits per heavy atom. The Hall–Kier alpha value is -4.12. The van der Waals surface area contributed by atoms with E-state index < -0.39 is 0 Å². The van der Waals surface area contributed by atoms with Crippen LogP contribution in [0.5, 0.6) is 5.75 Å². The number of hydrogen-bond donors (Lipinski definition) is 0. The van der Waals surface area contributed by atoms with Gasteiger partial charge in [0, 0.05) is 31.1 Å². The first-order valence-corrected chi connectivity index (χ1v) is 12.2. The Morgan fingerprint density at radius 1 is 0.914 bits per heavy atom. The fourth-order valence-corrected chi connectivity index (χ4v) is 5.19. The molecule has 0 aliphatic carbocycles. The van der Waals surface area contributed by atoms with Gasteiger partial charge in [0.1, 0.15) is 11.6 Å². The summed E-state index contributed by atoms with van der Waals surface area (Å²) in [6.07, 6.45) is 0.450. The number of hydrogen-bond acceptors (Lipinski definition) is 3. The highest BCUT2D eigenvalue weighted by Crippen LogP contribution is 2.34. The summed E-state index contributed by atoms with van der Waals surface area (Å²) in [5.74, 6) is 1.94. The molecular formula is C30H27N3O2. The molecule has 1 aromatic heterocycles. The average molecular weight is 462 g/mol. The Labute approximate surface area is 204 Å². The van der Waals surface area contributed by atoms with E-state index in [1.54, 1.807) is 0 Å². The van der Waals surface area contributed by atoms with E-state index in [1.807, 2.05) is 42.2 Å². The lowest BCUT2D eigenvalue weighted by Gasteiger charge is -2.18. The Bertz CT molecular complexity index is 1520. The number of benzene rings is 4. The summed E-state index contributed by atoms with van der Waals surface area (Å²) in [6.45, 7) is 3.92. The molecule has 1 unspecified atom stereocenters. The molecule has 2 heterocycles. The summed E-state index contributed by atoms with van der Waals surface area (Å²) in [5, 5.41) is 2.48. The molecule has 0 radical (unpaired) electrons. The number of fused-ring (bicyclic) bond motifs is 2. The van der Waals surface area contributed by atoms with Gasteiger partial charge < -0.3 is 14.2 Å². The van der Waals surface area contributed by atoms with E-state index in [0.717, 1.165) is 28.3 Å². The molecule has 0 saturated carbocycles. The summed E-state index contributed by atoms with van der Waals surface area (Å²) in [5.41, 5.74) is 4.22. The molecule has 4 aromatic carbocycles. The van der Waals surface area contributed by atoms with Crippen molar-refractivity contribution in [2.24, 2.45) is 0 Å². The molecule has 1 aliphatic heterocycles. The second kappa shape index (κ2) is 8.91. The molecule has 5 aromatic rings. The second-order valence-corrected chi connectivity index (χ2v) is 9.02. The Balaban J connectivity index is 1.37. The zero-order valence-electron chi connectivity index (χ0n) is 19.7. The zero-order chi connectivity index (χ0) is 23.8. The fourth-order valence-electron chi connectivity index (χ4n) is 5.19. The van der Waals surface area contributed by atoms with Crippen molar-refractivity contribution in [2.75, 3.05) is 18.1 Å². The summed E-state index contributed by atoms with van der Waals surface area (Å²) >= 11 is 0. The van der Waals surface area contributed by atoms with Crippen molar-refractivity contribution >= 4 is 33.4 Å². The minimum atomic E-state index is 0.0245. The Kier molecular flexibility index (Phi) is 5.45. The summed E-state index contributed by atoms with van der Waals surface area (Å²) in [6, 6.07) is 31.0. The van der Waals surface area contributed by atoms with E-state index in [-0.39, 0.29) is 11.8 Å². The topological polar surface area (TPSA) is 47.4 Å². The highest BCUT2D eigenvalue weighted by Gasteiger charge is 2.35. The molecule has 1 atom stereocenters. The van der Waals surface area contributed by atoms with E-state index >= 15 is 0 Å². The molecule has 5 nitrogen and oxygen atoms in total. The van der Waals surface area contributed by atoms with E-state index in [1.165, 1.54) is 16.3 Å². The van der Waals surface area contributed by atoms with Crippen molar-refractivity contribution in [3.8, 4) is 5.75 Å². The van der Waals surface area contributed by atoms with Gasteiger partial charge in [-0.05, 0) is 59.7 Å².